The molecule has 0 aromatic heterocycles. The third-order valence-electron chi connectivity index (χ3n) is 5.26. The first-order chi connectivity index (χ1) is 13.3. The van der Waals surface area contributed by atoms with Gasteiger partial charge in [0.15, 0.2) is 0 Å². The van der Waals surface area contributed by atoms with Gasteiger partial charge in [0.05, 0.1) is 21.7 Å². The molecule has 3 amide bonds. The van der Waals surface area contributed by atoms with Crippen molar-refractivity contribution in [2.24, 2.45) is 0 Å². The second-order valence-corrected chi connectivity index (χ2v) is 7.02. The summed E-state index contributed by atoms with van der Waals surface area (Å²) in [7, 11) is 0. The van der Waals surface area contributed by atoms with E-state index < -0.39 is 28.7 Å². The molecule has 4 rings (SSSR count). The minimum absolute atomic E-state index is 0.109. The molecule has 8 nitrogen and oxygen atoms in total. The Balaban J connectivity index is 1.64. The highest BCUT2D eigenvalue weighted by molar-refractivity contribution is 6.23. The van der Waals surface area contributed by atoms with Crippen LogP contribution in [0.5, 0.6) is 0 Å². The quantitative estimate of drug-likeness (QED) is 0.463. The summed E-state index contributed by atoms with van der Waals surface area (Å²) >= 11 is 0. The van der Waals surface area contributed by atoms with Gasteiger partial charge in [-0.05, 0) is 38.0 Å². The minimum Gasteiger partial charge on any atom is -0.310 e. The molecule has 2 aliphatic rings. The van der Waals surface area contributed by atoms with E-state index in [2.05, 4.69) is 0 Å². The van der Waals surface area contributed by atoms with Crippen LogP contribution in [-0.4, -0.2) is 40.1 Å². The van der Waals surface area contributed by atoms with Gasteiger partial charge in [0, 0.05) is 18.7 Å². The van der Waals surface area contributed by atoms with Crippen LogP contribution in [0.25, 0.3) is 0 Å². The van der Waals surface area contributed by atoms with Crippen molar-refractivity contribution < 1.29 is 19.3 Å². The second kappa shape index (κ2) is 6.26. The number of nitro benzene ring substituents is 1. The van der Waals surface area contributed by atoms with Crippen LogP contribution >= 0.6 is 0 Å². The third-order valence-corrected chi connectivity index (χ3v) is 5.26. The van der Waals surface area contributed by atoms with Gasteiger partial charge in [-0.15, -0.1) is 0 Å². The second-order valence-electron chi connectivity index (χ2n) is 7.02. The Morgan fingerprint density at radius 1 is 1.11 bits per heavy atom. The summed E-state index contributed by atoms with van der Waals surface area (Å²) in [5.41, 5.74) is 2.60. The Morgan fingerprint density at radius 3 is 2.54 bits per heavy atom. The molecule has 0 N–H and O–H groups in total. The number of carbonyl (C=O) groups excluding carboxylic acids is 3. The van der Waals surface area contributed by atoms with Gasteiger partial charge in [0.25, 0.3) is 17.5 Å². The van der Waals surface area contributed by atoms with Gasteiger partial charge >= 0.3 is 0 Å². The maximum absolute atomic E-state index is 13.1. The normalized spacial score (nSPS) is 16.2. The highest BCUT2D eigenvalue weighted by atomic mass is 16.6. The van der Waals surface area contributed by atoms with E-state index in [1.54, 1.807) is 24.3 Å². The van der Waals surface area contributed by atoms with Gasteiger partial charge < -0.3 is 4.90 Å². The van der Waals surface area contributed by atoms with E-state index in [0.717, 1.165) is 16.0 Å². The molecule has 2 heterocycles. The first-order valence-electron chi connectivity index (χ1n) is 8.87. The van der Waals surface area contributed by atoms with Crippen molar-refractivity contribution in [1.29, 1.82) is 0 Å². The van der Waals surface area contributed by atoms with E-state index >= 15 is 0 Å². The predicted molar refractivity (Wildman–Crippen MR) is 100 cm³/mol. The topological polar surface area (TPSA) is 101 Å². The Labute approximate surface area is 160 Å². The first kappa shape index (κ1) is 17.8. The number of benzene rings is 2. The lowest BCUT2D eigenvalue weighted by Gasteiger charge is -2.26. The molecule has 1 atom stereocenters. The average Bonchev–Trinajstić information content (AvgIpc) is 3.19. The van der Waals surface area contributed by atoms with Crippen LogP contribution in [0.15, 0.2) is 36.4 Å². The number of hydrogen-bond acceptors (Lipinski definition) is 5. The number of nitrogens with zero attached hydrogens (tertiary/aromatic N) is 3. The van der Waals surface area contributed by atoms with Gasteiger partial charge in [0.2, 0.25) is 5.91 Å². The van der Waals surface area contributed by atoms with Crippen molar-refractivity contribution in [3.05, 3.63) is 68.8 Å². The maximum atomic E-state index is 13.1. The van der Waals surface area contributed by atoms with Crippen molar-refractivity contribution in [3.63, 3.8) is 0 Å². The van der Waals surface area contributed by atoms with E-state index in [0.29, 0.717) is 24.2 Å². The summed E-state index contributed by atoms with van der Waals surface area (Å²) in [6.45, 7) is 3.68. The predicted octanol–water partition coefficient (Wildman–Crippen LogP) is 2.48. The molecule has 8 heteroatoms. The molecule has 2 aromatic rings. The number of fused-ring (bicyclic) bond motifs is 2. The van der Waals surface area contributed by atoms with Crippen LogP contribution in [0, 0.1) is 17.0 Å². The summed E-state index contributed by atoms with van der Waals surface area (Å²) in [5.74, 6) is -1.44. The molecule has 0 aliphatic carbocycles. The van der Waals surface area contributed by atoms with Gasteiger partial charge in [-0.25, -0.2) is 0 Å². The van der Waals surface area contributed by atoms with Crippen LogP contribution < -0.4 is 4.90 Å². The molecule has 0 spiro atoms. The number of anilines is 1. The van der Waals surface area contributed by atoms with Crippen molar-refractivity contribution in [1.82, 2.24) is 4.90 Å². The number of carbonyl (C=O) groups is 3. The monoisotopic (exact) mass is 379 g/mol. The summed E-state index contributed by atoms with van der Waals surface area (Å²) in [6, 6.07) is 8.36. The zero-order valence-electron chi connectivity index (χ0n) is 15.3. The van der Waals surface area contributed by atoms with Gasteiger partial charge in [-0.2, -0.15) is 0 Å². The minimum atomic E-state index is -1.02. The molecular weight excluding hydrogens is 362 g/mol. The van der Waals surface area contributed by atoms with Crippen molar-refractivity contribution >= 4 is 29.1 Å². The lowest BCUT2D eigenvalue weighted by atomic mass is 10.1. The lowest BCUT2D eigenvalue weighted by Crippen LogP contribution is -2.49. The molecule has 2 aliphatic heterocycles. The molecule has 0 radical (unpaired) electrons. The molecule has 0 saturated carbocycles. The third kappa shape index (κ3) is 2.57. The van der Waals surface area contributed by atoms with Crippen LogP contribution in [-0.2, 0) is 11.2 Å². The molecule has 1 unspecified atom stereocenters. The maximum Gasteiger partial charge on any atom is 0.271 e. The van der Waals surface area contributed by atoms with Gasteiger partial charge in [0.1, 0.15) is 6.04 Å². The highest BCUT2D eigenvalue weighted by Gasteiger charge is 2.43. The van der Waals surface area contributed by atoms with Crippen molar-refractivity contribution in [2.75, 3.05) is 11.4 Å². The van der Waals surface area contributed by atoms with Crippen molar-refractivity contribution in [2.45, 2.75) is 26.3 Å². The largest absolute Gasteiger partial charge is 0.310 e. The lowest BCUT2D eigenvalue weighted by molar-refractivity contribution is -0.384. The summed E-state index contributed by atoms with van der Waals surface area (Å²) < 4.78 is 0. The van der Waals surface area contributed by atoms with E-state index in [-0.39, 0.29) is 11.3 Å². The molecule has 0 bridgehead atoms. The van der Waals surface area contributed by atoms with Crippen LogP contribution in [0.1, 0.15) is 38.8 Å². The summed E-state index contributed by atoms with van der Waals surface area (Å²) in [5, 5.41) is 11.1. The zero-order valence-corrected chi connectivity index (χ0v) is 15.3. The Hall–Kier alpha value is -3.55. The van der Waals surface area contributed by atoms with Gasteiger partial charge in [-0.3, -0.25) is 29.4 Å². The fourth-order valence-corrected chi connectivity index (χ4v) is 3.77. The zero-order chi connectivity index (χ0) is 20.2. The van der Waals surface area contributed by atoms with E-state index in [4.69, 9.17) is 0 Å². The Kier molecular flexibility index (Phi) is 3.99. The molecule has 0 fully saturated rings. The van der Waals surface area contributed by atoms with Crippen LogP contribution in [0.3, 0.4) is 0 Å². The Morgan fingerprint density at radius 2 is 1.82 bits per heavy atom. The number of nitro groups is 1. The molecular formula is C20H17N3O5. The summed E-state index contributed by atoms with van der Waals surface area (Å²) in [4.78, 5) is 51.5. The van der Waals surface area contributed by atoms with E-state index in [1.807, 2.05) is 6.92 Å². The van der Waals surface area contributed by atoms with E-state index in [1.165, 1.54) is 24.0 Å². The number of aryl methyl sites for hydroxylation is 1. The SMILES string of the molecule is Cc1ccc2c(c1)C(=O)N(C(C)C(=O)N1CCc3ccc([N+](=O)[O-])cc31)C2=O. The summed E-state index contributed by atoms with van der Waals surface area (Å²) in [6.07, 6.45) is 0.563. The highest BCUT2D eigenvalue weighted by Crippen LogP contribution is 2.33. The first-order valence-corrected chi connectivity index (χ1v) is 8.87. The standard InChI is InChI=1S/C20H17N3O5/c1-11-3-6-15-16(9-11)20(26)22(19(15)25)12(2)18(24)21-8-7-13-4-5-14(23(27)28)10-17(13)21/h3-6,9-10,12H,7-8H2,1-2H3. The van der Waals surface area contributed by atoms with Crippen LogP contribution in [0.2, 0.25) is 0 Å². The number of imide groups is 1. The van der Waals surface area contributed by atoms with Gasteiger partial charge in [-0.1, -0.05) is 17.7 Å². The number of rotatable bonds is 3. The fourth-order valence-electron chi connectivity index (χ4n) is 3.77. The fraction of sp³-hybridized carbons (Fsp3) is 0.250. The molecule has 0 saturated heterocycles. The molecule has 142 valence electrons. The van der Waals surface area contributed by atoms with E-state index in [9.17, 15) is 24.5 Å². The smallest absolute Gasteiger partial charge is 0.271 e. The molecule has 2 aromatic carbocycles. The van der Waals surface area contributed by atoms with Crippen molar-refractivity contribution in [3.8, 4) is 0 Å². The average molecular weight is 379 g/mol. The van der Waals surface area contributed by atoms with Crippen LogP contribution in [0.4, 0.5) is 11.4 Å². The number of non-ortho nitro benzene ring substituents is 1. The number of hydrogen-bond donors (Lipinski definition) is 0. The molecule has 28 heavy (non-hydrogen) atoms. The Bertz CT molecular complexity index is 1060. The number of amides is 3.